The predicted molar refractivity (Wildman–Crippen MR) is 29.3 cm³/mol. The van der Waals surface area contributed by atoms with Gasteiger partial charge in [0.25, 0.3) is 0 Å². The fraction of sp³-hybridized carbons (Fsp3) is 0.333. The maximum absolute atomic E-state index is 10.4. The van der Waals surface area contributed by atoms with E-state index in [-0.39, 0.29) is 44.3 Å². The van der Waals surface area contributed by atoms with Crippen molar-refractivity contribution in [3.05, 3.63) is 18.3 Å². The molecule has 0 saturated carbocycles. The van der Waals surface area contributed by atoms with Gasteiger partial charge in [-0.1, -0.05) is 6.42 Å². The molecule has 0 unspecified atom stereocenters. The molecule has 47 valence electrons. The number of ketones is 1. The number of allylic oxidation sites excluding steroid dienone is 2. The van der Waals surface area contributed by atoms with E-state index in [2.05, 4.69) is 0 Å². The van der Waals surface area contributed by atoms with E-state index in [4.69, 9.17) is 5.11 Å². The molecular weight excluding hydrogens is 193 g/mol. The van der Waals surface area contributed by atoms with Crippen LogP contribution in [-0.2, 0) is 37.5 Å². The van der Waals surface area contributed by atoms with Crippen LogP contribution in [0.1, 0.15) is 12.8 Å². The Labute approximate surface area is 79.2 Å². The minimum Gasteiger partial charge on any atom is -0.531 e. The van der Waals surface area contributed by atoms with Gasteiger partial charge in [-0.15, -0.1) is 6.08 Å². The Morgan fingerprint density at radius 3 is 2.67 bits per heavy atom. The van der Waals surface area contributed by atoms with Crippen LogP contribution >= 0.6 is 0 Å². The monoisotopic (exact) mass is 200 g/mol. The molecule has 9 heavy (non-hydrogen) atoms. The van der Waals surface area contributed by atoms with Crippen molar-refractivity contribution in [2.24, 2.45) is 0 Å². The largest absolute Gasteiger partial charge is 0.531 e. The Kier molecular flexibility index (Phi) is 4.16. The van der Waals surface area contributed by atoms with Gasteiger partial charge in [0.2, 0.25) is 0 Å². The second-order valence-corrected chi connectivity index (χ2v) is 1.78. The van der Waals surface area contributed by atoms with E-state index in [0.29, 0.717) is 12.8 Å². The van der Waals surface area contributed by atoms with Gasteiger partial charge >= 0.3 is 0 Å². The molecular formula is C6H7O2Y-. The molecule has 0 heterocycles. The van der Waals surface area contributed by atoms with Crippen molar-refractivity contribution in [2.45, 2.75) is 12.8 Å². The minimum absolute atomic E-state index is 0. The Balaban J connectivity index is 0.000000640. The zero-order chi connectivity index (χ0) is 5.98. The fourth-order valence-electron chi connectivity index (χ4n) is 0.658. The molecule has 2 nitrogen and oxygen atoms in total. The maximum Gasteiger partial charge on any atom is 0.0209 e. The molecule has 1 aliphatic carbocycles. The van der Waals surface area contributed by atoms with E-state index < -0.39 is 0 Å². The third-order valence-electron chi connectivity index (χ3n) is 1.05. The van der Waals surface area contributed by atoms with Gasteiger partial charge in [-0.25, -0.2) is 0 Å². The number of rotatable bonds is 0. The van der Waals surface area contributed by atoms with Gasteiger partial charge in [0, 0.05) is 44.3 Å². The summed E-state index contributed by atoms with van der Waals surface area (Å²) in [6.07, 6.45) is 4.12. The van der Waals surface area contributed by atoms with Crippen LogP contribution in [0.25, 0.3) is 0 Å². The first-order valence-electron chi connectivity index (χ1n) is 2.56. The van der Waals surface area contributed by atoms with Crippen molar-refractivity contribution in [1.82, 2.24) is 0 Å². The summed E-state index contributed by atoms with van der Waals surface area (Å²) < 4.78 is 0. The molecule has 0 fully saturated rings. The van der Waals surface area contributed by atoms with Crippen LogP contribution in [0.2, 0.25) is 0 Å². The average molecular weight is 200 g/mol. The zero-order valence-electron chi connectivity index (χ0n) is 5.00. The first-order valence-corrected chi connectivity index (χ1v) is 2.56. The molecule has 1 N–H and O–H groups in total. The van der Waals surface area contributed by atoms with E-state index in [1.807, 2.05) is 0 Å². The molecule has 0 aliphatic heterocycles. The van der Waals surface area contributed by atoms with Crippen molar-refractivity contribution in [1.29, 1.82) is 0 Å². The Morgan fingerprint density at radius 1 is 1.67 bits per heavy atom. The summed E-state index contributed by atoms with van der Waals surface area (Å²) in [5, 5.41) is 8.70. The summed E-state index contributed by atoms with van der Waals surface area (Å²) in [7, 11) is 0. The van der Waals surface area contributed by atoms with Gasteiger partial charge < -0.3 is 9.90 Å². The number of aliphatic hydroxyl groups excluding tert-OH is 1. The molecule has 0 aromatic carbocycles. The number of carbonyl (C=O) groups excluding carboxylic acids is 1. The third kappa shape index (κ3) is 3.02. The van der Waals surface area contributed by atoms with Gasteiger partial charge in [0.05, 0.1) is 0 Å². The molecule has 0 bridgehead atoms. The SMILES string of the molecule is O=C1C=C(O)CC[CH-]1.[Y]. The summed E-state index contributed by atoms with van der Waals surface area (Å²) in [5.41, 5.74) is 0. The van der Waals surface area contributed by atoms with Gasteiger partial charge in [-0.05, 0) is 6.42 Å². The normalized spacial score (nSPS) is 17.3. The van der Waals surface area contributed by atoms with Crippen LogP contribution in [-0.4, -0.2) is 10.9 Å². The van der Waals surface area contributed by atoms with Crippen LogP contribution in [0.5, 0.6) is 0 Å². The summed E-state index contributed by atoms with van der Waals surface area (Å²) in [6, 6.07) is 0. The van der Waals surface area contributed by atoms with E-state index in [1.165, 1.54) is 6.08 Å². The van der Waals surface area contributed by atoms with E-state index >= 15 is 0 Å². The molecule has 0 atom stereocenters. The molecule has 1 rings (SSSR count). The van der Waals surface area contributed by atoms with Gasteiger partial charge in [-0.2, -0.15) is 6.42 Å². The van der Waals surface area contributed by atoms with Crippen molar-refractivity contribution in [3.63, 3.8) is 0 Å². The Hall–Kier alpha value is 0.184. The third-order valence-corrected chi connectivity index (χ3v) is 1.05. The van der Waals surface area contributed by atoms with Crippen molar-refractivity contribution in [2.75, 3.05) is 0 Å². The van der Waals surface area contributed by atoms with Crippen molar-refractivity contribution < 1.29 is 42.6 Å². The topological polar surface area (TPSA) is 37.3 Å². The molecule has 0 aromatic rings. The summed E-state index contributed by atoms with van der Waals surface area (Å²) in [6.45, 7) is 0. The van der Waals surface area contributed by atoms with Gasteiger partial charge in [0.15, 0.2) is 0 Å². The van der Waals surface area contributed by atoms with Crippen LogP contribution in [0.3, 0.4) is 0 Å². The van der Waals surface area contributed by atoms with Crippen LogP contribution in [0.4, 0.5) is 0 Å². The summed E-state index contributed by atoms with van der Waals surface area (Å²) in [4.78, 5) is 10.4. The predicted octanol–water partition coefficient (Wildman–Crippen LogP) is 0.993. The molecule has 1 radical (unpaired) electrons. The molecule has 0 saturated heterocycles. The first kappa shape index (κ1) is 9.18. The Bertz CT molecular complexity index is 140. The number of aliphatic hydroxyl groups is 1. The second-order valence-electron chi connectivity index (χ2n) is 1.78. The van der Waals surface area contributed by atoms with Crippen LogP contribution in [0.15, 0.2) is 11.8 Å². The summed E-state index contributed by atoms with van der Waals surface area (Å²) in [5.74, 6) is 0.131. The molecule has 3 heteroatoms. The standard InChI is InChI=1S/C6H7O2.Y/c7-5-2-1-3-6(8)4-5;/h2,4,8H,1,3H2;/q-1;. The first-order chi connectivity index (χ1) is 3.79. The molecule has 0 amide bonds. The number of hydrogen-bond donors (Lipinski definition) is 1. The molecule has 1 aliphatic rings. The maximum atomic E-state index is 10.4. The minimum atomic E-state index is -0.0752. The quantitative estimate of drug-likeness (QED) is 0.592. The van der Waals surface area contributed by atoms with Crippen molar-refractivity contribution in [3.8, 4) is 0 Å². The van der Waals surface area contributed by atoms with E-state index in [1.54, 1.807) is 6.42 Å². The van der Waals surface area contributed by atoms with Gasteiger partial charge in [-0.3, -0.25) is 0 Å². The van der Waals surface area contributed by atoms with Crippen molar-refractivity contribution >= 4 is 5.78 Å². The molecule has 0 spiro atoms. The smallest absolute Gasteiger partial charge is 0.0209 e. The molecule has 0 aromatic heterocycles. The summed E-state index contributed by atoms with van der Waals surface area (Å²) >= 11 is 0. The van der Waals surface area contributed by atoms with Gasteiger partial charge in [0.1, 0.15) is 0 Å². The number of hydrogen-bond acceptors (Lipinski definition) is 2. The fourth-order valence-corrected chi connectivity index (χ4v) is 0.658. The Morgan fingerprint density at radius 2 is 2.33 bits per heavy atom. The zero-order valence-corrected chi connectivity index (χ0v) is 7.84. The second kappa shape index (κ2) is 4.07. The number of carbonyl (C=O) groups is 1. The van der Waals surface area contributed by atoms with Crippen LogP contribution < -0.4 is 0 Å². The van der Waals surface area contributed by atoms with Crippen LogP contribution in [0, 0.1) is 6.42 Å². The average Bonchev–Trinajstić information content (AvgIpc) is 1.64. The van der Waals surface area contributed by atoms with E-state index in [9.17, 15) is 4.79 Å². The van der Waals surface area contributed by atoms with E-state index in [0.717, 1.165) is 0 Å².